The Morgan fingerprint density at radius 3 is 3.00 bits per heavy atom. The quantitative estimate of drug-likeness (QED) is 0.806. The molecule has 2 aliphatic rings. The summed E-state index contributed by atoms with van der Waals surface area (Å²) in [6.45, 7) is 1.47. The molecular weight excluding hydrogens is 302 g/mol. The molecule has 1 amide bonds. The molecule has 2 fully saturated rings. The van der Waals surface area contributed by atoms with Crippen LogP contribution in [-0.4, -0.2) is 43.9 Å². The maximum atomic E-state index is 12.8. The number of H-pyrrole nitrogens is 1. The van der Waals surface area contributed by atoms with Crippen LogP contribution >= 0.6 is 0 Å². The van der Waals surface area contributed by atoms with Crippen LogP contribution in [-0.2, 0) is 0 Å². The number of aromatic nitrogens is 4. The standard InChI is InChI=1S/C18H19N5O/c24-18(14-4-3-13-5-7-19-16(13)9-14)22-8-6-15(10-22)23-11-17(20-21-23)12-1-2-12/h3-5,7,9,11-12,15,19H,1-2,6,8,10H2. The van der Waals surface area contributed by atoms with Crippen LogP contribution in [0.2, 0.25) is 0 Å². The van der Waals surface area contributed by atoms with Crippen LogP contribution < -0.4 is 0 Å². The Kier molecular flexibility index (Phi) is 2.98. The van der Waals surface area contributed by atoms with Gasteiger partial charge in [-0.15, -0.1) is 5.10 Å². The van der Waals surface area contributed by atoms with Crippen molar-refractivity contribution in [2.45, 2.75) is 31.2 Å². The van der Waals surface area contributed by atoms with Gasteiger partial charge in [-0.3, -0.25) is 4.79 Å². The lowest BCUT2D eigenvalue weighted by molar-refractivity contribution is 0.0787. The second-order valence-electron chi connectivity index (χ2n) is 6.87. The molecule has 6 heteroatoms. The molecule has 1 aliphatic carbocycles. The Balaban J connectivity index is 1.32. The third kappa shape index (κ3) is 2.29. The molecule has 1 aromatic carbocycles. The average Bonchev–Trinajstić information content (AvgIpc) is 3.06. The molecule has 0 radical (unpaired) electrons. The molecule has 1 saturated carbocycles. The number of nitrogens with zero attached hydrogens (tertiary/aromatic N) is 4. The number of aromatic amines is 1. The second kappa shape index (κ2) is 5.19. The van der Waals surface area contributed by atoms with E-state index in [4.69, 9.17) is 0 Å². The Bertz CT molecular complexity index is 907. The number of rotatable bonds is 3. The average molecular weight is 321 g/mol. The third-order valence-electron chi connectivity index (χ3n) is 5.15. The number of fused-ring (bicyclic) bond motifs is 1. The molecule has 3 heterocycles. The first-order chi connectivity index (χ1) is 11.8. The Labute approximate surface area is 139 Å². The molecule has 1 N–H and O–H groups in total. The van der Waals surface area contributed by atoms with Gasteiger partial charge in [0.15, 0.2) is 0 Å². The monoisotopic (exact) mass is 321 g/mol. The SMILES string of the molecule is O=C(c1ccc2cc[nH]c2c1)N1CCC(n2cc(C3CC3)nn2)C1. The van der Waals surface area contributed by atoms with Crippen molar-refractivity contribution in [2.75, 3.05) is 13.1 Å². The minimum atomic E-state index is 0.0940. The van der Waals surface area contributed by atoms with Gasteiger partial charge in [0.1, 0.15) is 0 Å². The molecular formula is C18H19N5O. The van der Waals surface area contributed by atoms with E-state index in [-0.39, 0.29) is 11.9 Å². The Morgan fingerprint density at radius 2 is 2.12 bits per heavy atom. The van der Waals surface area contributed by atoms with Gasteiger partial charge in [-0.05, 0) is 42.8 Å². The van der Waals surface area contributed by atoms with Crippen LogP contribution in [0.1, 0.15) is 47.3 Å². The summed E-state index contributed by atoms with van der Waals surface area (Å²) in [6.07, 6.45) is 7.36. The maximum Gasteiger partial charge on any atom is 0.254 e. The summed E-state index contributed by atoms with van der Waals surface area (Å²) >= 11 is 0. The van der Waals surface area contributed by atoms with Crippen LogP contribution in [0.5, 0.6) is 0 Å². The summed E-state index contributed by atoms with van der Waals surface area (Å²) in [4.78, 5) is 17.9. The maximum absolute atomic E-state index is 12.8. The zero-order valence-corrected chi connectivity index (χ0v) is 13.4. The first-order valence-electron chi connectivity index (χ1n) is 8.56. The molecule has 122 valence electrons. The summed E-state index contributed by atoms with van der Waals surface area (Å²) in [5.74, 6) is 0.710. The lowest BCUT2D eigenvalue weighted by Gasteiger charge is -2.16. The van der Waals surface area contributed by atoms with E-state index in [1.807, 2.05) is 40.0 Å². The zero-order valence-electron chi connectivity index (χ0n) is 13.4. The highest BCUT2D eigenvalue weighted by Crippen LogP contribution is 2.39. The molecule has 1 saturated heterocycles. The van der Waals surface area contributed by atoms with Crippen molar-refractivity contribution in [2.24, 2.45) is 0 Å². The summed E-state index contributed by atoms with van der Waals surface area (Å²) in [6, 6.07) is 8.09. The molecule has 6 nitrogen and oxygen atoms in total. The molecule has 3 aromatic rings. The Hall–Kier alpha value is -2.63. The predicted molar refractivity (Wildman–Crippen MR) is 89.9 cm³/mol. The summed E-state index contributed by atoms with van der Waals surface area (Å²) in [5, 5.41) is 9.69. The molecule has 1 atom stereocenters. The number of amides is 1. The van der Waals surface area contributed by atoms with Gasteiger partial charge >= 0.3 is 0 Å². The largest absolute Gasteiger partial charge is 0.361 e. The van der Waals surface area contributed by atoms with E-state index in [2.05, 4.69) is 21.5 Å². The van der Waals surface area contributed by atoms with E-state index in [0.717, 1.165) is 35.1 Å². The minimum absolute atomic E-state index is 0.0940. The molecule has 1 unspecified atom stereocenters. The molecule has 0 bridgehead atoms. The topological polar surface area (TPSA) is 66.8 Å². The fourth-order valence-electron chi connectivity index (χ4n) is 3.54. The van der Waals surface area contributed by atoms with Gasteiger partial charge in [0.2, 0.25) is 0 Å². The highest BCUT2D eigenvalue weighted by Gasteiger charge is 2.31. The lowest BCUT2D eigenvalue weighted by atomic mass is 10.1. The number of benzene rings is 1. The highest BCUT2D eigenvalue weighted by atomic mass is 16.2. The van der Waals surface area contributed by atoms with Crippen molar-refractivity contribution in [3.63, 3.8) is 0 Å². The number of hydrogen-bond acceptors (Lipinski definition) is 3. The summed E-state index contributed by atoms with van der Waals surface area (Å²) in [7, 11) is 0. The summed E-state index contributed by atoms with van der Waals surface area (Å²) < 4.78 is 1.95. The molecule has 1 aliphatic heterocycles. The van der Waals surface area contributed by atoms with E-state index < -0.39 is 0 Å². The van der Waals surface area contributed by atoms with Crippen molar-refractivity contribution in [3.8, 4) is 0 Å². The van der Waals surface area contributed by atoms with Crippen LogP contribution in [0.4, 0.5) is 0 Å². The van der Waals surface area contributed by atoms with Gasteiger partial charge < -0.3 is 9.88 Å². The Morgan fingerprint density at radius 1 is 1.21 bits per heavy atom. The van der Waals surface area contributed by atoms with Crippen LogP contribution in [0.3, 0.4) is 0 Å². The van der Waals surface area contributed by atoms with E-state index in [0.29, 0.717) is 12.5 Å². The van der Waals surface area contributed by atoms with E-state index in [1.54, 1.807) is 0 Å². The van der Waals surface area contributed by atoms with E-state index >= 15 is 0 Å². The number of carbonyl (C=O) groups excluding carboxylic acids is 1. The first kappa shape index (κ1) is 13.8. The third-order valence-corrected chi connectivity index (χ3v) is 5.15. The fraction of sp³-hybridized carbons (Fsp3) is 0.389. The van der Waals surface area contributed by atoms with Crippen molar-refractivity contribution in [1.82, 2.24) is 24.9 Å². The van der Waals surface area contributed by atoms with Crippen LogP contribution in [0.25, 0.3) is 10.9 Å². The van der Waals surface area contributed by atoms with Gasteiger partial charge in [-0.2, -0.15) is 0 Å². The van der Waals surface area contributed by atoms with Gasteiger partial charge in [0.05, 0.1) is 11.7 Å². The van der Waals surface area contributed by atoms with E-state index in [1.165, 1.54) is 12.8 Å². The van der Waals surface area contributed by atoms with Crippen LogP contribution in [0, 0.1) is 0 Å². The normalized spacial score (nSPS) is 20.8. The fourth-order valence-corrected chi connectivity index (χ4v) is 3.54. The van der Waals surface area contributed by atoms with Crippen molar-refractivity contribution < 1.29 is 4.79 Å². The molecule has 5 rings (SSSR count). The van der Waals surface area contributed by atoms with Gasteiger partial charge in [-0.1, -0.05) is 11.3 Å². The van der Waals surface area contributed by atoms with Gasteiger partial charge in [0.25, 0.3) is 5.91 Å². The van der Waals surface area contributed by atoms with Crippen LogP contribution in [0.15, 0.2) is 36.7 Å². The number of carbonyl (C=O) groups is 1. The molecule has 24 heavy (non-hydrogen) atoms. The van der Waals surface area contributed by atoms with Crippen molar-refractivity contribution in [3.05, 3.63) is 47.9 Å². The van der Waals surface area contributed by atoms with Crippen molar-refractivity contribution >= 4 is 16.8 Å². The van der Waals surface area contributed by atoms with Crippen molar-refractivity contribution in [1.29, 1.82) is 0 Å². The highest BCUT2D eigenvalue weighted by molar-refractivity contribution is 5.98. The number of nitrogens with one attached hydrogen (secondary N) is 1. The number of hydrogen-bond donors (Lipinski definition) is 1. The second-order valence-corrected chi connectivity index (χ2v) is 6.87. The smallest absolute Gasteiger partial charge is 0.254 e. The lowest BCUT2D eigenvalue weighted by Crippen LogP contribution is -2.29. The molecule has 0 spiro atoms. The first-order valence-corrected chi connectivity index (χ1v) is 8.56. The predicted octanol–water partition coefficient (Wildman–Crippen LogP) is 2.72. The minimum Gasteiger partial charge on any atom is -0.361 e. The summed E-state index contributed by atoms with van der Waals surface area (Å²) in [5.41, 5.74) is 2.85. The van der Waals surface area contributed by atoms with E-state index in [9.17, 15) is 4.79 Å². The van der Waals surface area contributed by atoms with Gasteiger partial charge in [-0.25, -0.2) is 4.68 Å². The number of likely N-dealkylation sites (tertiary alicyclic amines) is 1. The zero-order chi connectivity index (χ0) is 16.1. The molecule has 2 aromatic heterocycles. The van der Waals surface area contributed by atoms with Gasteiger partial charge in [0, 0.05) is 42.5 Å².